The molecular weight excluding hydrogens is 240 g/mol. The summed E-state index contributed by atoms with van der Waals surface area (Å²) in [6.07, 6.45) is 2.23. The lowest BCUT2D eigenvalue weighted by molar-refractivity contribution is -0.116. The molecular formula is C15H22N2O2. The van der Waals surface area contributed by atoms with Crippen LogP contribution < -0.4 is 10.6 Å². The van der Waals surface area contributed by atoms with Gasteiger partial charge in [0, 0.05) is 23.7 Å². The third kappa shape index (κ3) is 5.12. The molecule has 0 aromatic heterocycles. The number of anilines is 1. The molecule has 1 rings (SSSR count). The molecule has 0 spiro atoms. The molecule has 0 saturated heterocycles. The fourth-order valence-electron chi connectivity index (χ4n) is 1.56. The first-order chi connectivity index (χ1) is 9.06. The highest BCUT2D eigenvalue weighted by Crippen LogP contribution is 2.10. The summed E-state index contributed by atoms with van der Waals surface area (Å²) in [5, 5.41) is 5.69. The van der Waals surface area contributed by atoms with Crippen LogP contribution in [0.5, 0.6) is 0 Å². The number of carbonyl (C=O) groups excluding carboxylic acids is 2. The topological polar surface area (TPSA) is 58.2 Å². The van der Waals surface area contributed by atoms with E-state index in [9.17, 15) is 9.59 Å². The first-order valence-corrected chi connectivity index (χ1v) is 6.77. The number of carbonyl (C=O) groups is 2. The fourth-order valence-corrected chi connectivity index (χ4v) is 1.56. The third-order valence-electron chi connectivity index (χ3n) is 2.90. The molecule has 0 bridgehead atoms. The lowest BCUT2D eigenvalue weighted by Gasteiger charge is -2.11. The van der Waals surface area contributed by atoms with Gasteiger partial charge in [0.25, 0.3) is 5.91 Å². The van der Waals surface area contributed by atoms with Gasteiger partial charge in [0.15, 0.2) is 0 Å². The second-order valence-electron chi connectivity index (χ2n) is 4.66. The van der Waals surface area contributed by atoms with Gasteiger partial charge in [0.2, 0.25) is 5.91 Å². The molecule has 1 aromatic carbocycles. The van der Waals surface area contributed by atoms with Crippen molar-refractivity contribution in [2.24, 2.45) is 0 Å². The van der Waals surface area contributed by atoms with Gasteiger partial charge in [-0.15, -0.1) is 0 Å². The van der Waals surface area contributed by atoms with E-state index in [0.29, 0.717) is 12.0 Å². The van der Waals surface area contributed by atoms with Gasteiger partial charge in [0.05, 0.1) is 0 Å². The Bertz CT molecular complexity index is 426. The Kier molecular flexibility index (Phi) is 6.06. The second kappa shape index (κ2) is 7.56. The van der Waals surface area contributed by atoms with Gasteiger partial charge in [-0.25, -0.2) is 0 Å². The van der Waals surface area contributed by atoms with E-state index in [1.165, 1.54) is 0 Å². The van der Waals surface area contributed by atoms with Crippen LogP contribution in [0, 0.1) is 0 Å². The molecule has 4 heteroatoms. The van der Waals surface area contributed by atoms with Crippen molar-refractivity contribution in [3.63, 3.8) is 0 Å². The van der Waals surface area contributed by atoms with Crippen LogP contribution in [0.4, 0.5) is 5.69 Å². The van der Waals surface area contributed by atoms with Crippen LogP contribution in [0.2, 0.25) is 0 Å². The van der Waals surface area contributed by atoms with Gasteiger partial charge in [-0.2, -0.15) is 0 Å². The lowest BCUT2D eigenvalue weighted by Crippen LogP contribution is -2.31. The molecule has 0 aliphatic heterocycles. The second-order valence-corrected chi connectivity index (χ2v) is 4.66. The summed E-state index contributed by atoms with van der Waals surface area (Å²) in [4.78, 5) is 23.3. The van der Waals surface area contributed by atoms with Crippen LogP contribution in [0.25, 0.3) is 0 Å². The average Bonchev–Trinajstić information content (AvgIpc) is 2.39. The van der Waals surface area contributed by atoms with Crippen LogP contribution in [0.3, 0.4) is 0 Å². The number of benzene rings is 1. The van der Waals surface area contributed by atoms with Crippen LogP contribution >= 0.6 is 0 Å². The Hall–Kier alpha value is -1.84. The first kappa shape index (κ1) is 15.2. The number of hydrogen-bond donors (Lipinski definition) is 2. The van der Waals surface area contributed by atoms with Crippen molar-refractivity contribution >= 4 is 17.5 Å². The molecule has 0 radical (unpaired) electrons. The smallest absolute Gasteiger partial charge is 0.251 e. The van der Waals surface area contributed by atoms with Gasteiger partial charge in [-0.1, -0.05) is 13.8 Å². The summed E-state index contributed by atoms with van der Waals surface area (Å²) < 4.78 is 0. The van der Waals surface area contributed by atoms with E-state index in [0.717, 1.165) is 18.5 Å². The number of rotatable bonds is 6. The van der Waals surface area contributed by atoms with Crippen molar-refractivity contribution in [3.8, 4) is 0 Å². The zero-order valence-corrected chi connectivity index (χ0v) is 11.8. The highest BCUT2D eigenvalue weighted by molar-refractivity contribution is 5.95. The standard InChI is InChI=1S/C15H22N2O2/c1-4-6-14(18)17-13-9-7-12(8-10-13)15(19)16-11(3)5-2/h7-11H,4-6H2,1-3H3,(H,16,19)(H,17,18). The van der Waals surface area contributed by atoms with Gasteiger partial charge in [-0.05, 0) is 44.0 Å². The SMILES string of the molecule is CCCC(=O)Nc1ccc(C(=O)NC(C)CC)cc1. The predicted molar refractivity (Wildman–Crippen MR) is 77.2 cm³/mol. The van der Waals surface area contributed by atoms with Crippen molar-refractivity contribution in [1.82, 2.24) is 5.32 Å². The Morgan fingerprint density at radius 3 is 2.32 bits per heavy atom. The van der Waals surface area contributed by atoms with Crippen molar-refractivity contribution in [2.45, 2.75) is 46.1 Å². The summed E-state index contributed by atoms with van der Waals surface area (Å²) in [7, 11) is 0. The highest BCUT2D eigenvalue weighted by atomic mass is 16.2. The Balaban J connectivity index is 2.60. The van der Waals surface area contributed by atoms with E-state index in [2.05, 4.69) is 10.6 Å². The van der Waals surface area contributed by atoms with E-state index in [1.54, 1.807) is 24.3 Å². The summed E-state index contributed by atoms with van der Waals surface area (Å²) in [5.41, 5.74) is 1.33. The largest absolute Gasteiger partial charge is 0.350 e. The van der Waals surface area contributed by atoms with E-state index < -0.39 is 0 Å². The lowest BCUT2D eigenvalue weighted by atomic mass is 10.1. The molecule has 0 saturated carbocycles. The zero-order chi connectivity index (χ0) is 14.3. The summed E-state index contributed by atoms with van der Waals surface area (Å²) in [6, 6.07) is 7.10. The zero-order valence-electron chi connectivity index (χ0n) is 11.8. The van der Waals surface area contributed by atoms with Crippen molar-refractivity contribution < 1.29 is 9.59 Å². The maximum absolute atomic E-state index is 11.9. The van der Waals surface area contributed by atoms with Crippen LogP contribution in [0.15, 0.2) is 24.3 Å². The highest BCUT2D eigenvalue weighted by Gasteiger charge is 2.08. The summed E-state index contributed by atoms with van der Waals surface area (Å²) in [6.45, 7) is 5.95. The van der Waals surface area contributed by atoms with Gasteiger partial charge >= 0.3 is 0 Å². The summed E-state index contributed by atoms with van der Waals surface area (Å²) >= 11 is 0. The van der Waals surface area contributed by atoms with E-state index in [1.807, 2.05) is 20.8 Å². The average molecular weight is 262 g/mol. The molecule has 1 aromatic rings. The first-order valence-electron chi connectivity index (χ1n) is 6.77. The monoisotopic (exact) mass is 262 g/mol. The van der Waals surface area contributed by atoms with E-state index >= 15 is 0 Å². The molecule has 0 aliphatic rings. The van der Waals surface area contributed by atoms with Crippen molar-refractivity contribution in [2.75, 3.05) is 5.32 Å². The summed E-state index contributed by atoms with van der Waals surface area (Å²) in [5.74, 6) is -0.0832. The van der Waals surface area contributed by atoms with Crippen molar-refractivity contribution in [3.05, 3.63) is 29.8 Å². The van der Waals surface area contributed by atoms with Crippen molar-refractivity contribution in [1.29, 1.82) is 0 Å². The van der Waals surface area contributed by atoms with Crippen LogP contribution in [-0.4, -0.2) is 17.9 Å². The molecule has 0 fully saturated rings. The molecule has 19 heavy (non-hydrogen) atoms. The number of nitrogens with one attached hydrogen (secondary N) is 2. The molecule has 1 unspecified atom stereocenters. The maximum atomic E-state index is 11.9. The normalized spacial score (nSPS) is 11.7. The third-order valence-corrected chi connectivity index (χ3v) is 2.90. The Morgan fingerprint density at radius 2 is 1.79 bits per heavy atom. The van der Waals surface area contributed by atoms with Crippen LogP contribution in [-0.2, 0) is 4.79 Å². The molecule has 104 valence electrons. The molecule has 1 atom stereocenters. The van der Waals surface area contributed by atoms with Crippen LogP contribution in [0.1, 0.15) is 50.4 Å². The number of amides is 2. The van der Waals surface area contributed by atoms with E-state index in [4.69, 9.17) is 0 Å². The van der Waals surface area contributed by atoms with Gasteiger partial charge in [-0.3, -0.25) is 9.59 Å². The van der Waals surface area contributed by atoms with E-state index in [-0.39, 0.29) is 17.9 Å². The fraction of sp³-hybridized carbons (Fsp3) is 0.467. The minimum absolute atomic E-state index is 0.000642. The maximum Gasteiger partial charge on any atom is 0.251 e. The number of hydrogen-bond acceptors (Lipinski definition) is 2. The molecule has 2 amide bonds. The minimum atomic E-state index is -0.0826. The molecule has 0 heterocycles. The quantitative estimate of drug-likeness (QED) is 0.828. The Labute approximate surface area is 114 Å². The molecule has 4 nitrogen and oxygen atoms in total. The van der Waals surface area contributed by atoms with Gasteiger partial charge in [0.1, 0.15) is 0 Å². The predicted octanol–water partition coefficient (Wildman–Crippen LogP) is 2.95. The van der Waals surface area contributed by atoms with Gasteiger partial charge < -0.3 is 10.6 Å². The molecule has 0 aliphatic carbocycles. The Morgan fingerprint density at radius 1 is 1.16 bits per heavy atom. The minimum Gasteiger partial charge on any atom is -0.350 e. The molecule has 2 N–H and O–H groups in total.